The number of aryl methyl sites for hydroxylation is 1. The Morgan fingerprint density at radius 2 is 2.07 bits per heavy atom. The monoisotopic (exact) mass is 227 g/mol. The lowest BCUT2D eigenvalue weighted by Crippen LogP contribution is -1.78. The lowest BCUT2D eigenvalue weighted by atomic mass is 10.2. The lowest BCUT2D eigenvalue weighted by molar-refractivity contribution is 0.542. The second-order valence-electron chi connectivity index (χ2n) is 2.90. The summed E-state index contributed by atoms with van der Waals surface area (Å²) in [6.07, 6.45) is 1.65. The average molecular weight is 228 g/mol. The van der Waals surface area contributed by atoms with Gasteiger partial charge in [-0.25, -0.2) is 4.98 Å². The largest absolute Gasteiger partial charge is 0.441 e. The third-order valence-electron chi connectivity index (χ3n) is 1.78. The second kappa shape index (κ2) is 3.64. The van der Waals surface area contributed by atoms with Crippen LogP contribution >= 0.6 is 23.2 Å². The first kappa shape index (κ1) is 9.56. The van der Waals surface area contributed by atoms with Crippen molar-refractivity contribution in [3.05, 3.63) is 40.2 Å². The number of aromatic nitrogens is 1. The lowest BCUT2D eigenvalue weighted by Gasteiger charge is -1.99. The van der Waals surface area contributed by atoms with Crippen molar-refractivity contribution in [2.75, 3.05) is 0 Å². The van der Waals surface area contributed by atoms with E-state index in [4.69, 9.17) is 27.6 Å². The van der Waals surface area contributed by atoms with Gasteiger partial charge < -0.3 is 4.42 Å². The molecule has 0 saturated heterocycles. The minimum atomic E-state index is 0.518. The topological polar surface area (TPSA) is 26.0 Å². The maximum Gasteiger partial charge on any atom is 0.227 e. The van der Waals surface area contributed by atoms with Crippen LogP contribution in [0.15, 0.2) is 28.8 Å². The van der Waals surface area contributed by atoms with E-state index in [9.17, 15) is 0 Å². The zero-order chi connectivity index (χ0) is 10.1. The van der Waals surface area contributed by atoms with Crippen molar-refractivity contribution in [3.63, 3.8) is 0 Å². The molecule has 0 aliphatic carbocycles. The summed E-state index contributed by atoms with van der Waals surface area (Å²) in [4.78, 5) is 4.08. The van der Waals surface area contributed by atoms with Gasteiger partial charge in [0.2, 0.25) is 5.89 Å². The van der Waals surface area contributed by atoms with Crippen LogP contribution in [0.1, 0.15) is 5.76 Å². The summed E-state index contributed by atoms with van der Waals surface area (Å²) in [7, 11) is 0. The number of nitrogens with zero attached hydrogens (tertiary/aromatic N) is 1. The molecule has 0 spiro atoms. The molecule has 0 N–H and O–H groups in total. The summed E-state index contributed by atoms with van der Waals surface area (Å²) in [6, 6.07) is 5.20. The molecule has 0 saturated carbocycles. The minimum Gasteiger partial charge on any atom is -0.441 e. The van der Waals surface area contributed by atoms with Crippen LogP contribution in [0.4, 0.5) is 0 Å². The van der Waals surface area contributed by atoms with Crippen molar-refractivity contribution < 1.29 is 4.42 Å². The molecule has 4 heteroatoms. The fraction of sp³-hybridized carbons (Fsp3) is 0.100. The highest BCUT2D eigenvalue weighted by Gasteiger charge is 2.08. The first-order valence-electron chi connectivity index (χ1n) is 4.04. The second-order valence-corrected chi connectivity index (χ2v) is 3.74. The van der Waals surface area contributed by atoms with Crippen LogP contribution in [0.2, 0.25) is 10.0 Å². The Hall–Kier alpha value is -0.990. The molecule has 0 radical (unpaired) electrons. The number of rotatable bonds is 1. The zero-order valence-corrected chi connectivity index (χ0v) is 8.93. The maximum atomic E-state index is 5.99. The van der Waals surface area contributed by atoms with Crippen LogP contribution < -0.4 is 0 Å². The van der Waals surface area contributed by atoms with Gasteiger partial charge in [-0.05, 0) is 25.1 Å². The number of benzene rings is 1. The SMILES string of the molecule is Cc1cnc(-c2ccc(Cl)cc2Cl)o1. The molecule has 2 rings (SSSR count). The van der Waals surface area contributed by atoms with Crippen LogP contribution in [0.25, 0.3) is 11.5 Å². The van der Waals surface area contributed by atoms with E-state index in [-0.39, 0.29) is 0 Å². The van der Waals surface area contributed by atoms with Gasteiger partial charge in [-0.3, -0.25) is 0 Å². The molecule has 1 aromatic heterocycles. The van der Waals surface area contributed by atoms with Crippen LogP contribution in [0.3, 0.4) is 0 Å². The van der Waals surface area contributed by atoms with Crippen LogP contribution in [0, 0.1) is 6.92 Å². The first-order valence-corrected chi connectivity index (χ1v) is 4.80. The molecule has 72 valence electrons. The summed E-state index contributed by atoms with van der Waals surface area (Å²) in [5.41, 5.74) is 0.754. The fourth-order valence-corrected chi connectivity index (χ4v) is 1.63. The molecule has 0 amide bonds. The first-order chi connectivity index (χ1) is 6.66. The van der Waals surface area contributed by atoms with Crippen molar-refractivity contribution in [1.29, 1.82) is 0 Å². The summed E-state index contributed by atoms with van der Waals surface area (Å²) in [5.74, 6) is 1.27. The van der Waals surface area contributed by atoms with Crippen molar-refractivity contribution in [1.82, 2.24) is 4.98 Å². The Morgan fingerprint density at radius 1 is 1.29 bits per heavy atom. The molecule has 0 unspecified atom stereocenters. The van der Waals surface area contributed by atoms with Crippen LogP contribution in [-0.2, 0) is 0 Å². The minimum absolute atomic E-state index is 0.518. The van der Waals surface area contributed by atoms with Gasteiger partial charge in [-0.15, -0.1) is 0 Å². The summed E-state index contributed by atoms with van der Waals surface area (Å²) in [6.45, 7) is 1.83. The van der Waals surface area contributed by atoms with Crippen LogP contribution in [0.5, 0.6) is 0 Å². The third kappa shape index (κ3) is 1.76. The van der Waals surface area contributed by atoms with E-state index in [1.807, 2.05) is 6.92 Å². The van der Waals surface area contributed by atoms with E-state index in [1.54, 1.807) is 24.4 Å². The summed E-state index contributed by atoms with van der Waals surface area (Å²) < 4.78 is 5.35. The van der Waals surface area contributed by atoms with Gasteiger partial charge in [0, 0.05) is 5.02 Å². The van der Waals surface area contributed by atoms with E-state index in [0.29, 0.717) is 15.9 Å². The van der Waals surface area contributed by atoms with Gasteiger partial charge in [-0.1, -0.05) is 23.2 Å². The highest BCUT2D eigenvalue weighted by Crippen LogP contribution is 2.29. The van der Waals surface area contributed by atoms with Crippen molar-refractivity contribution in [3.8, 4) is 11.5 Å². The molecule has 0 aliphatic rings. The van der Waals surface area contributed by atoms with Crippen LogP contribution in [-0.4, -0.2) is 4.98 Å². The Bertz CT molecular complexity index is 465. The van der Waals surface area contributed by atoms with Gasteiger partial charge in [0.15, 0.2) is 0 Å². The average Bonchev–Trinajstić information content (AvgIpc) is 2.51. The fourth-order valence-electron chi connectivity index (χ4n) is 1.14. The third-order valence-corrected chi connectivity index (χ3v) is 2.33. The molecule has 1 aromatic carbocycles. The van der Waals surface area contributed by atoms with Gasteiger partial charge >= 0.3 is 0 Å². The normalized spacial score (nSPS) is 10.5. The standard InChI is InChI=1S/C10H7Cl2NO/c1-6-5-13-10(14-6)8-3-2-7(11)4-9(8)12/h2-5H,1H3. The molecular formula is C10H7Cl2NO. The Kier molecular flexibility index (Phi) is 2.48. The Balaban J connectivity index is 2.52. The zero-order valence-electron chi connectivity index (χ0n) is 7.42. The van der Waals surface area contributed by atoms with E-state index in [2.05, 4.69) is 4.98 Å². The maximum absolute atomic E-state index is 5.99. The van der Waals surface area contributed by atoms with Gasteiger partial charge in [0.25, 0.3) is 0 Å². The predicted molar refractivity (Wildman–Crippen MR) is 56.7 cm³/mol. The Morgan fingerprint density at radius 3 is 2.64 bits per heavy atom. The molecule has 2 nitrogen and oxygen atoms in total. The Labute approximate surface area is 91.5 Å². The number of halogens is 2. The molecular weight excluding hydrogens is 221 g/mol. The molecule has 0 bridgehead atoms. The number of hydrogen-bond donors (Lipinski definition) is 0. The van der Waals surface area contributed by atoms with Crippen molar-refractivity contribution >= 4 is 23.2 Å². The smallest absolute Gasteiger partial charge is 0.227 e. The summed E-state index contributed by atoms with van der Waals surface area (Å²) >= 11 is 11.8. The predicted octanol–water partition coefficient (Wildman–Crippen LogP) is 3.96. The quantitative estimate of drug-likeness (QED) is 0.738. The molecule has 0 aliphatic heterocycles. The molecule has 0 fully saturated rings. The van der Waals surface area contributed by atoms with E-state index >= 15 is 0 Å². The van der Waals surface area contributed by atoms with E-state index in [0.717, 1.165) is 11.3 Å². The van der Waals surface area contributed by atoms with Crippen molar-refractivity contribution in [2.45, 2.75) is 6.92 Å². The van der Waals surface area contributed by atoms with E-state index in [1.165, 1.54) is 0 Å². The molecule has 2 aromatic rings. The number of oxazole rings is 1. The molecule has 14 heavy (non-hydrogen) atoms. The number of hydrogen-bond acceptors (Lipinski definition) is 2. The van der Waals surface area contributed by atoms with Gasteiger partial charge in [-0.2, -0.15) is 0 Å². The highest BCUT2D eigenvalue weighted by molar-refractivity contribution is 6.36. The highest BCUT2D eigenvalue weighted by atomic mass is 35.5. The van der Waals surface area contributed by atoms with Gasteiger partial charge in [0.05, 0.1) is 16.8 Å². The molecule has 0 atom stereocenters. The van der Waals surface area contributed by atoms with E-state index < -0.39 is 0 Å². The molecule has 1 heterocycles. The van der Waals surface area contributed by atoms with Crippen molar-refractivity contribution in [2.24, 2.45) is 0 Å². The summed E-state index contributed by atoms with van der Waals surface area (Å²) in [5, 5.41) is 1.14. The van der Waals surface area contributed by atoms with Gasteiger partial charge in [0.1, 0.15) is 5.76 Å².